The molecule has 29 heavy (non-hydrogen) atoms. The van der Waals surface area contributed by atoms with Crippen LogP contribution in [-0.4, -0.2) is 44.7 Å². The molecule has 1 N–H and O–H groups in total. The number of nitrogens with one attached hydrogen (secondary N) is 1. The van der Waals surface area contributed by atoms with E-state index in [4.69, 9.17) is 4.74 Å². The van der Waals surface area contributed by atoms with Crippen LogP contribution in [0.25, 0.3) is 0 Å². The molecule has 152 valence electrons. The van der Waals surface area contributed by atoms with E-state index in [1.54, 1.807) is 4.90 Å². The lowest BCUT2D eigenvalue weighted by molar-refractivity contribution is -0.122. The molecule has 0 unspecified atom stereocenters. The summed E-state index contributed by atoms with van der Waals surface area (Å²) in [5.74, 6) is -0.451. The van der Waals surface area contributed by atoms with Crippen LogP contribution in [0.5, 0.6) is 0 Å². The number of carbonyl (C=O) groups excluding carboxylic acids is 2. The van der Waals surface area contributed by atoms with Crippen LogP contribution in [0.3, 0.4) is 0 Å². The summed E-state index contributed by atoms with van der Waals surface area (Å²) in [6, 6.07) is 13.8. The van der Waals surface area contributed by atoms with Crippen molar-refractivity contribution in [2.75, 3.05) is 48.0 Å². The normalized spacial score (nSPS) is 19.5. The Bertz CT molecular complexity index is 904. The number of hydrogen-bond acceptors (Lipinski definition) is 4. The largest absolute Gasteiger partial charge is 0.378 e. The zero-order valence-corrected chi connectivity index (χ0v) is 17.0. The van der Waals surface area contributed by atoms with E-state index in [2.05, 4.69) is 10.2 Å². The monoisotopic (exact) mass is 393 g/mol. The standard InChI is InChI=1S/C23H27N3O3/c1-16-4-3-5-21(17(16)2)26-15-18(14-22(26)27)23(28)24-19-6-8-20(9-7-19)25-10-12-29-13-11-25/h3-9,18H,10-15H2,1-2H3,(H,24,28)/t18-/m0/s1. The van der Waals surface area contributed by atoms with Crippen LogP contribution in [0.15, 0.2) is 42.5 Å². The third-order valence-electron chi connectivity index (χ3n) is 5.87. The number of hydrogen-bond donors (Lipinski definition) is 1. The fraction of sp³-hybridized carbons (Fsp3) is 0.391. The number of carbonyl (C=O) groups is 2. The first-order chi connectivity index (χ1) is 14.0. The minimum Gasteiger partial charge on any atom is -0.378 e. The van der Waals surface area contributed by atoms with Gasteiger partial charge in [0.25, 0.3) is 0 Å². The summed E-state index contributed by atoms with van der Waals surface area (Å²) in [7, 11) is 0. The molecule has 0 radical (unpaired) electrons. The van der Waals surface area contributed by atoms with Gasteiger partial charge in [0.05, 0.1) is 19.1 Å². The Balaban J connectivity index is 1.40. The second kappa shape index (κ2) is 8.25. The van der Waals surface area contributed by atoms with Gasteiger partial charge in [-0.1, -0.05) is 12.1 Å². The van der Waals surface area contributed by atoms with Crippen LogP contribution in [-0.2, 0) is 14.3 Å². The molecule has 2 fully saturated rings. The number of morpholine rings is 1. The van der Waals surface area contributed by atoms with Gasteiger partial charge in [-0.25, -0.2) is 0 Å². The minimum absolute atomic E-state index is 0.00140. The molecule has 2 aromatic carbocycles. The van der Waals surface area contributed by atoms with E-state index in [-0.39, 0.29) is 24.2 Å². The van der Waals surface area contributed by atoms with Gasteiger partial charge in [0, 0.05) is 43.1 Å². The van der Waals surface area contributed by atoms with Crippen LogP contribution in [0.2, 0.25) is 0 Å². The van der Waals surface area contributed by atoms with Gasteiger partial charge in [0.15, 0.2) is 0 Å². The maximum absolute atomic E-state index is 12.8. The van der Waals surface area contributed by atoms with Gasteiger partial charge in [0.1, 0.15) is 0 Å². The molecular formula is C23H27N3O3. The molecule has 2 amide bonds. The number of aryl methyl sites for hydroxylation is 1. The molecule has 6 nitrogen and oxygen atoms in total. The van der Waals surface area contributed by atoms with E-state index in [1.807, 2.05) is 56.3 Å². The van der Waals surface area contributed by atoms with Crippen molar-refractivity contribution < 1.29 is 14.3 Å². The molecule has 6 heteroatoms. The van der Waals surface area contributed by atoms with Crippen molar-refractivity contribution in [2.45, 2.75) is 20.3 Å². The molecule has 1 atom stereocenters. The minimum atomic E-state index is -0.346. The van der Waals surface area contributed by atoms with Gasteiger partial charge in [-0.2, -0.15) is 0 Å². The Kier molecular flexibility index (Phi) is 5.53. The summed E-state index contributed by atoms with van der Waals surface area (Å²) in [5.41, 5.74) is 5.01. The van der Waals surface area contributed by atoms with Gasteiger partial charge < -0.3 is 19.9 Å². The van der Waals surface area contributed by atoms with E-state index < -0.39 is 0 Å². The SMILES string of the molecule is Cc1cccc(N2C[C@@H](C(=O)Nc3ccc(N4CCOCC4)cc3)CC2=O)c1C. The molecule has 2 saturated heterocycles. The average Bonchev–Trinajstić information content (AvgIpc) is 3.13. The summed E-state index contributed by atoms with van der Waals surface area (Å²) in [4.78, 5) is 29.3. The first-order valence-electron chi connectivity index (χ1n) is 10.1. The first-order valence-corrected chi connectivity index (χ1v) is 10.1. The number of amides is 2. The smallest absolute Gasteiger partial charge is 0.229 e. The second-order valence-electron chi connectivity index (χ2n) is 7.76. The van der Waals surface area contributed by atoms with Crippen molar-refractivity contribution in [1.82, 2.24) is 0 Å². The van der Waals surface area contributed by atoms with Gasteiger partial charge >= 0.3 is 0 Å². The van der Waals surface area contributed by atoms with Gasteiger partial charge in [-0.05, 0) is 55.3 Å². The number of benzene rings is 2. The van der Waals surface area contributed by atoms with Crippen LogP contribution in [0.4, 0.5) is 17.1 Å². The Hall–Kier alpha value is -2.86. The highest BCUT2D eigenvalue weighted by molar-refractivity contribution is 6.04. The number of anilines is 3. The number of rotatable bonds is 4. The maximum Gasteiger partial charge on any atom is 0.229 e. The van der Waals surface area contributed by atoms with E-state index in [9.17, 15) is 9.59 Å². The van der Waals surface area contributed by atoms with E-state index in [1.165, 1.54) is 0 Å². The number of nitrogens with zero attached hydrogens (tertiary/aromatic N) is 2. The molecule has 0 bridgehead atoms. The van der Waals surface area contributed by atoms with Gasteiger partial charge in [-0.3, -0.25) is 9.59 Å². The predicted molar refractivity (Wildman–Crippen MR) is 114 cm³/mol. The Morgan fingerprint density at radius 2 is 1.79 bits per heavy atom. The lowest BCUT2D eigenvalue weighted by Gasteiger charge is -2.29. The molecule has 0 aromatic heterocycles. The summed E-state index contributed by atoms with van der Waals surface area (Å²) < 4.78 is 5.39. The average molecular weight is 393 g/mol. The summed E-state index contributed by atoms with van der Waals surface area (Å²) >= 11 is 0. The summed E-state index contributed by atoms with van der Waals surface area (Å²) in [6.07, 6.45) is 0.241. The lowest BCUT2D eigenvalue weighted by Crippen LogP contribution is -2.36. The van der Waals surface area contributed by atoms with Crippen LogP contribution in [0, 0.1) is 19.8 Å². The third kappa shape index (κ3) is 4.12. The van der Waals surface area contributed by atoms with Crippen LogP contribution >= 0.6 is 0 Å². The lowest BCUT2D eigenvalue weighted by atomic mass is 10.1. The van der Waals surface area contributed by atoms with Crippen molar-refractivity contribution in [3.8, 4) is 0 Å². The second-order valence-corrected chi connectivity index (χ2v) is 7.76. The van der Waals surface area contributed by atoms with Crippen LogP contribution in [0.1, 0.15) is 17.5 Å². The Labute approximate surface area is 171 Å². The zero-order valence-electron chi connectivity index (χ0n) is 17.0. The van der Waals surface area contributed by atoms with Gasteiger partial charge in [0.2, 0.25) is 11.8 Å². The van der Waals surface area contributed by atoms with E-state index in [0.717, 1.165) is 54.5 Å². The molecule has 2 aliphatic rings. The molecule has 0 spiro atoms. The highest BCUT2D eigenvalue weighted by Crippen LogP contribution is 2.30. The maximum atomic E-state index is 12.8. The molecule has 4 rings (SSSR count). The highest BCUT2D eigenvalue weighted by Gasteiger charge is 2.35. The zero-order chi connectivity index (χ0) is 20.4. The molecule has 0 saturated carbocycles. The molecule has 2 heterocycles. The van der Waals surface area contributed by atoms with Crippen molar-refractivity contribution in [3.05, 3.63) is 53.6 Å². The van der Waals surface area contributed by atoms with Crippen LogP contribution < -0.4 is 15.1 Å². The quantitative estimate of drug-likeness (QED) is 0.867. The fourth-order valence-corrected chi connectivity index (χ4v) is 3.97. The van der Waals surface area contributed by atoms with Crippen molar-refractivity contribution >= 4 is 28.9 Å². The topological polar surface area (TPSA) is 61.9 Å². The van der Waals surface area contributed by atoms with Crippen molar-refractivity contribution in [3.63, 3.8) is 0 Å². The fourth-order valence-electron chi connectivity index (χ4n) is 3.97. The van der Waals surface area contributed by atoms with Gasteiger partial charge in [-0.15, -0.1) is 0 Å². The summed E-state index contributed by atoms with van der Waals surface area (Å²) in [5, 5.41) is 2.97. The third-order valence-corrected chi connectivity index (χ3v) is 5.87. The Morgan fingerprint density at radius 3 is 2.52 bits per heavy atom. The molecule has 2 aliphatic heterocycles. The van der Waals surface area contributed by atoms with E-state index >= 15 is 0 Å². The molecule has 2 aromatic rings. The van der Waals surface area contributed by atoms with Crippen molar-refractivity contribution in [1.29, 1.82) is 0 Å². The van der Waals surface area contributed by atoms with Crippen molar-refractivity contribution in [2.24, 2.45) is 5.92 Å². The Morgan fingerprint density at radius 1 is 1.07 bits per heavy atom. The highest BCUT2D eigenvalue weighted by atomic mass is 16.5. The molecular weight excluding hydrogens is 366 g/mol. The predicted octanol–water partition coefficient (Wildman–Crippen LogP) is 3.13. The molecule has 0 aliphatic carbocycles. The number of ether oxygens (including phenoxy) is 1. The summed E-state index contributed by atoms with van der Waals surface area (Å²) in [6.45, 7) is 7.71. The van der Waals surface area contributed by atoms with E-state index in [0.29, 0.717) is 6.54 Å². The first kappa shape index (κ1) is 19.5.